The van der Waals surface area contributed by atoms with Gasteiger partial charge in [0.2, 0.25) is 35.9 Å². The summed E-state index contributed by atoms with van der Waals surface area (Å²) in [6.45, 7) is -0.917. The van der Waals surface area contributed by atoms with Crippen LogP contribution in [0.15, 0.2) is 21.9 Å². The minimum absolute atomic E-state index is 0.0518. The molecule has 37 heavy (non-hydrogen) atoms. The quantitative estimate of drug-likeness (QED) is 0.135. The third-order valence-corrected chi connectivity index (χ3v) is 10.5. The Kier molecular flexibility index (Phi) is 8.56. The van der Waals surface area contributed by atoms with Crippen LogP contribution in [0.2, 0.25) is 0 Å². The fourth-order valence-electron chi connectivity index (χ4n) is 4.47. The van der Waals surface area contributed by atoms with Crippen molar-refractivity contribution in [2.75, 3.05) is 31.1 Å². The number of hydrogen-bond acceptors (Lipinski definition) is 13. The smallest absolute Gasteiger partial charge is 0.242 e. The molecule has 0 bridgehead atoms. The lowest BCUT2D eigenvalue weighted by molar-refractivity contribution is 0.259. The zero-order valence-electron chi connectivity index (χ0n) is 19.6. The lowest BCUT2D eigenvalue weighted by Crippen LogP contribution is -2.60. The first-order valence-corrected chi connectivity index (χ1v) is 15.6. The van der Waals surface area contributed by atoms with Gasteiger partial charge in [0, 0.05) is 13.1 Å². The summed E-state index contributed by atoms with van der Waals surface area (Å²) in [5.41, 5.74) is 10.8. The molecular weight excluding hydrogens is 552 g/mol. The van der Waals surface area contributed by atoms with Crippen molar-refractivity contribution in [3.63, 3.8) is 0 Å². The lowest BCUT2D eigenvalue weighted by atomic mass is 9.96. The van der Waals surface area contributed by atoms with E-state index in [0.29, 0.717) is 12.8 Å². The minimum atomic E-state index is -4.84. The number of aromatic nitrogens is 4. The third kappa shape index (κ3) is 5.61. The summed E-state index contributed by atoms with van der Waals surface area (Å²) < 4.78 is 80.2. The molecule has 0 saturated carbocycles. The van der Waals surface area contributed by atoms with Gasteiger partial charge in [0.05, 0.1) is 23.9 Å². The van der Waals surface area contributed by atoms with Gasteiger partial charge in [0.15, 0.2) is 4.87 Å². The number of anilines is 1. The highest BCUT2D eigenvalue weighted by Gasteiger charge is 2.49. The Morgan fingerprint density at radius 2 is 1.84 bits per heavy atom. The van der Waals surface area contributed by atoms with Gasteiger partial charge in [-0.05, 0) is 49.6 Å². The van der Waals surface area contributed by atoms with Crippen molar-refractivity contribution in [2.45, 2.75) is 46.4 Å². The molecular formula is C17H30N10O7S3. The number of nitrogens with zero attached hydrogens (tertiary/aromatic N) is 4. The molecule has 1 aliphatic heterocycles. The summed E-state index contributed by atoms with van der Waals surface area (Å²) in [5, 5.41) is 33.8. The highest BCUT2D eigenvalue weighted by atomic mass is 32.2. The predicted molar refractivity (Wildman–Crippen MR) is 132 cm³/mol. The summed E-state index contributed by atoms with van der Waals surface area (Å²) in [4.78, 5) is -2.05. The van der Waals surface area contributed by atoms with E-state index < -0.39 is 62.9 Å². The second-order valence-corrected chi connectivity index (χ2v) is 13.5. The number of benzene rings is 1. The Labute approximate surface area is 214 Å². The number of nitrogens with two attached hydrogens (primary N) is 4. The molecule has 2 aromatic rings. The van der Waals surface area contributed by atoms with E-state index in [2.05, 4.69) is 25.3 Å². The fourth-order valence-corrected chi connectivity index (χ4v) is 8.64. The first kappa shape index (κ1) is 29.3. The monoisotopic (exact) mass is 582 g/mol. The molecule has 3 rings (SSSR count). The van der Waals surface area contributed by atoms with Gasteiger partial charge in [-0.25, -0.2) is 40.3 Å². The van der Waals surface area contributed by atoms with Gasteiger partial charge < -0.3 is 21.5 Å². The van der Waals surface area contributed by atoms with E-state index in [1.807, 2.05) is 0 Å². The largest absolute Gasteiger partial charge is 0.395 e. The number of H-pyrrole nitrogens is 1. The van der Waals surface area contributed by atoms with E-state index >= 15 is 0 Å². The molecule has 2 heterocycles. The van der Waals surface area contributed by atoms with E-state index in [9.17, 15) is 30.4 Å². The van der Waals surface area contributed by atoms with Gasteiger partial charge in [-0.1, -0.05) is 0 Å². The molecule has 1 aromatic heterocycles. The zero-order chi connectivity index (χ0) is 27.6. The number of sulfonamides is 3. The number of aromatic amines is 1. The Hall–Kier alpha value is -2.30. The average Bonchev–Trinajstić information content (AvgIpc) is 3.35. The Bertz CT molecular complexity index is 1420. The van der Waals surface area contributed by atoms with Crippen LogP contribution in [0.4, 0.5) is 5.69 Å². The van der Waals surface area contributed by atoms with E-state index in [4.69, 9.17) is 21.7 Å². The molecule has 11 N–H and O–H groups in total. The number of aliphatic hydroxyl groups is 1. The normalized spacial score (nSPS) is 20.2. The van der Waals surface area contributed by atoms with Gasteiger partial charge >= 0.3 is 0 Å². The van der Waals surface area contributed by atoms with Gasteiger partial charge in [-0.3, -0.25) is 0 Å². The minimum Gasteiger partial charge on any atom is -0.395 e. The molecule has 208 valence electrons. The molecule has 1 fully saturated rings. The number of piperidine rings is 1. The first-order valence-electron chi connectivity index (χ1n) is 11.0. The van der Waals surface area contributed by atoms with Crippen molar-refractivity contribution in [2.24, 2.45) is 21.7 Å². The summed E-state index contributed by atoms with van der Waals surface area (Å²) in [5.74, 6) is -0.366. The maximum absolute atomic E-state index is 13.2. The predicted octanol–water partition coefficient (Wildman–Crippen LogP) is -3.56. The summed E-state index contributed by atoms with van der Waals surface area (Å²) in [6.07, 6.45) is 0.979. The number of tetrazole rings is 1. The molecule has 1 aromatic carbocycles. The van der Waals surface area contributed by atoms with Crippen LogP contribution in [-0.4, -0.2) is 88.1 Å². The van der Waals surface area contributed by atoms with Gasteiger partial charge in [-0.15, -0.1) is 10.2 Å². The second kappa shape index (κ2) is 10.8. The highest BCUT2D eigenvalue weighted by molar-refractivity contribution is 7.92. The molecule has 1 saturated heterocycles. The van der Waals surface area contributed by atoms with Crippen molar-refractivity contribution >= 4 is 35.8 Å². The van der Waals surface area contributed by atoms with Crippen molar-refractivity contribution in [3.05, 3.63) is 12.1 Å². The maximum Gasteiger partial charge on any atom is 0.242 e. The van der Waals surface area contributed by atoms with Gasteiger partial charge in [0.1, 0.15) is 9.79 Å². The molecule has 20 heteroatoms. The number of aliphatic hydroxyl groups excluding tert-OH is 1. The van der Waals surface area contributed by atoms with Gasteiger partial charge in [0.25, 0.3) is 0 Å². The summed E-state index contributed by atoms with van der Waals surface area (Å²) in [7, 11) is -13.8. The third-order valence-electron chi connectivity index (χ3n) is 6.12. The maximum atomic E-state index is 13.2. The molecule has 1 aliphatic rings. The Morgan fingerprint density at radius 1 is 1.14 bits per heavy atom. The van der Waals surface area contributed by atoms with Crippen LogP contribution in [0.5, 0.6) is 0 Å². The fraction of sp³-hybridized carbons (Fsp3) is 0.588. The van der Waals surface area contributed by atoms with Crippen molar-refractivity contribution < 1.29 is 30.4 Å². The van der Waals surface area contributed by atoms with E-state index in [0.717, 1.165) is 6.07 Å². The van der Waals surface area contributed by atoms with E-state index in [1.165, 1.54) is 11.0 Å². The van der Waals surface area contributed by atoms with Crippen molar-refractivity contribution in [3.8, 4) is 11.4 Å². The van der Waals surface area contributed by atoms with Crippen LogP contribution < -0.4 is 31.4 Å². The standard InChI is InChI=1S/C17H30N10O7S3/c18-7-6-17(37(21,33)34)5-1-2-8-27(17)12-3-4-13(36(31,32)24-11(9-19)10-28)15(35(20,29)30)14(12)16-22-25-26-23-16/h3-4,11,24,28H,1-2,5-10,18-19H2,(H2,20,29,30)(H2,21,33,34)(H,22,23,25,26). The van der Waals surface area contributed by atoms with Crippen LogP contribution in [0.3, 0.4) is 0 Å². The van der Waals surface area contributed by atoms with E-state index in [1.54, 1.807) is 0 Å². The summed E-state index contributed by atoms with van der Waals surface area (Å²) in [6, 6.07) is 1.04. The number of primary sulfonamides is 2. The van der Waals surface area contributed by atoms with Crippen LogP contribution >= 0.6 is 0 Å². The number of rotatable bonds is 11. The zero-order valence-corrected chi connectivity index (χ0v) is 22.1. The highest BCUT2D eigenvalue weighted by Crippen LogP contribution is 2.45. The molecule has 0 aliphatic carbocycles. The topological polar surface area (TPSA) is 296 Å². The number of nitrogens with one attached hydrogen (secondary N) is 2. The van der Waals surface area contributed by atoms with Crippen molar-refractivity contribution in [1.29, 1.82) is 0 Å². The second-order valence-electron chi connectivity index (χ2n) is 8.44. The van der Waals surface area contributed by atoms with Gasteiger partial charge in [-0.2, -0.15) is 5.21 Å². The molecule has 2 atom stereocenters. The molecule has 2 unspecified atom stereocenters. The van der Waals surface area contributed by atoms with Crippen LogP contribution in [0.1, 0.15) is 25.7 Å². The average molecular weight is 583 g/mol. The van der Waals surface area contributed by atoms with Crippen LogP contribution in [0, 0.1) is 0 Å². The summed E-state index contributed by atoms with van der Waals surface area (Å²) >= 11 is 0. The SMILES string of the molecule is NCCC1(S(N)(=O)=O)CCCCN1c1ccc(S(=O)(=O)NC(CN)CO)c(S(N)(=O)=O)c1-c1nn[nH]n1. The molecule has 0 radical (unpaired) electrons. The Balaban J connectivity index is 2.44. The Morgan fingerprint density at radius 3 is 2.35 bits per heavy atom. The lowest BCUT2D eigenvalue weighted by Gasteiger charge is -2.47. The van der Waals surface area contributed by atoms with Crippen molar-refractivity contribution in [1.82, 2.24) is 25.3 Å². The number of hydrogen-bond donors (Lipinski definition) is 7. The van der Waals surface area contributed by atoms with E-state index in [-0.39, 0.29) is 44.0 Å². The molecule has 17 nitrogen and oxygen atoms in total. The molecule has 0 spiro atoms. The van der Waals surface area contributed by atoms with Crippen LogP contribution in [0.25, 0.3) is 11.4 Å². The first-order chi connectivity index (χ1) is 17.2. The molecule has 0 amide bonds. The van der Waals surface area contributed by atoms with Crippen LogP contribution in [-0.2, 0) is 30.1 Å².